The van der Waals surface area contributed by atoms with Crippen molar-refractivity contribution in [3.05, 3.63) is 28.2 Å². The highest BCUT2D eigenvalue weighted by molar-refractivity contribution is 9.10. The normalized spacial score (nSPS) is 11.1. The first kappa shape index (κ1) is 17.4. The molecule has 0 atom stereocenters. The van der Waals surface area contributed by atoms with E-state index in [2.05, 4.69) is 33.4 Å². The second-order valence-electron chi connectivity index (χ2n) is 4.70. The number of nitrogens with one attached hydrogen (secondary N) is 1. The van der Waals surface area contributed by atoms with Gasteiger partial charge in [-0.2, -0.15) is 0 Å². The summed E-state index contributed by atoms with van der Waals surface area (Å²) in [6.45, 7) is 7.57. The lowest BCUT2D eigenvalue weighted by molar-refractivity contribution is 0.0551. The fraction of sp³-hybridized carbons (Fsp3) is 0.600. The molecule has 0 aliphatic rings. The zero-order valence-corrected chi connectivity index (χ0v) is 14.0. The van der Waals surface area contributed by atoms with Crippen molar-refractivity contribution in [1.82, 2.24) is 5.32 Å². The van der Waals surface area contributed by atoms with Gasteiger partial charge in [0.2, 0.25) is 0 Å². The van der Waals surface area contributed by atoms with Crippen LogP contribution in [0.5, 0.6) is 5.75 Å². The summed E-state index contributed by atoms with van der Waals surface area (Å²) in [7, 11) is 1.70. The summed E-state index contributed by atoms with van der Waals surface area (Å²) < 4.78 is 17.1. The Bertz CT molecular complexity index is 385. The number of benzene rings is 1. The molecule has 0 bridgehead atoms. The molecule has 0 fully saturated rings. The molecule has 5 heteroatoms. The summed E-state index contributed by atoms with van der Waals surface area (Å²) in [4.78, 5) is 0. The van der Waals surface area contributed by atoms with Crippen molar-refractivity contribution in [3.8, 4) is 5.75 Å². The standard InChI is InChI=1S/C15H24BrNO3/c1-12(2)19-8-9-20-15-5-4-13(10-14(15)16)11-17-6-7-18-3/h4-5,10,12,17H,6-9,11H2,1-3H3. The Morgan fingerprint density at radius 3 is 2.65 bits per heavy atom. The van der Waals surface area contributed by atoms with Crippen LogP contribution in [-0.2, 0) is 16.0 Å². The third-order valence-corrected chi connectivity index (χ3v) is 3.22. The Morgan fingerprint density at radius 2 is 2.00 bits per heavy atom. The molecule has 114 valence electrons. The fourth-order valence-electron chi connectivity index (χ4n) is 1.61. The van der Waals surface area contributed by atoms with E-state index in [-0.39, 0.29) is 6.10 Å². The van der Waals surface area contributed by atoms with Gasteiger partial charge in [0.05, 0.1) is 23.8 Å². The van der Waals surface area contributed by atoms with Gasteiger partial charge in [0.15, 0.2) is 0 Å². The smallest absolute Gasteiger partial charge is 0.133 e. The molecule has 1 rings (SSSR count). The summed E-state index contributed by atoms with van der Waals surface area (Å²) in [5.74, 6) is 0.845. The highest BCUT2D eigenvalue weighted by Crippen LogP contribution is 2.25. The van der Waals surface area contributed by atoms with E-state index in [1.807, 2.05) is 19.9 Å². The molecular weight excluding hydrogens is 322 g/mol. The van der Waals surface area contributed by atoms with Crippen LogP contribution in [0.15, 0.2) is 22.7 Å². The van der Waals surface area contributed by atoms with Crippen molar-refractivity contribution in [3.63, 3.8) is 0 Å². The van der Waals surface area contributed by atoms with Crippen LogP contribution in [0.4, 0.5) is 0 Å². The van der Waals surface area contributed by atoms with Crippen molar-refractivity contribution >= 4 is 15.9 Å². The number of rotatable bonds is 10. The Kier molecular flexibility index (Phi) is 8.85. The van der Waals surface area contributed by atoms with E-state index in [1.165, 1.54) is 5.56 Å². The van der Waals surface area contributed by atoms with Crippen LogP contribution in [0, 0.1) is 0 Å². The SMILES string of the molecule is COCCNCc1ccc(OCCOC(C)C)c(Br)c1. The molecule has 0 amide bonds. The summed E-state index contributed by atoms with van der Waals surface area (Å²) in [6, 6.07) is 6.11. The van der Waals surface area contributed by atoms with Crippen molar-refractivity contribution in [2.24, 2.45) is 0 Å². The van der Waals surface area contributed by atoms with Crippen LogP contribution in [0.2, 0.25) is 0 Å². The highest BCUT2D eigenvalue weighted by atomic mass is 79.9. The minimum absolute atomic E-state index is 0.239. The van der Waals surface area contributed by atoms with Gasteiger partial charge < -0.3 is 19.5 Å². The first-order chi connectivity index (χ1) is 9.63. The second kappa shape index (κ2) is 10.2. The summed E-state index contributed by atoms with van der Waals surface area (Å²) in [5.41, 5.74) is 1.21. The molecule has 0 aromatic heterocycles. The molecule has 0 saturated carbocycles. The third kappa shape index (κ3) is 7.24. The van der Waals surface area contributed by atoms with E-state index in [1.54, 1.807) is 7.11 Å². The van der Waals surface area contributed by atoms with Gasteiger partial charge in [0, 0.05) is 20.2 Å². The molecule has 20 heavy (non-hydrogen) atoms. The van der Waals surface area contributed by atoms with Gasteiger partial charge in [0.25, 0.3) is 0 Å². The molecular formula is C15H24BrNO3. The number of ether oxygens (including phenoxy) is 3. The van der Waals surface area contributed by atoms with E-state index >= 15 is 0 Å². The average molecular weight is 346 g/mol. The van der Waals surface area contributed by atoms with Crippen LogP contribution < -0.4 is 10.1 Å². The van der Waals surface area contributed by atoms with Crippen LogP contribution in [0.1, 0.15) is 19.4 Å². The quantitative estimate of drug-likeness (QED) is 0.661. The van der Waals surface area contributed by atoms with E-state index in [0.717, 1.165) is 29.9 Å². The minimum atomic E-state index is 0.239. The van der Waals surface area contributed by atoms with E-state index in [0.29, 0.717) is 13.2 Å². The van der Waals surface area contributed by atoms with Gasteiger partial charge >= 0.3 is 0 Å². The van der Waals surface area contributed by atoms with Crippen LogP contribution in [0.3, 0.4) is 0 Å². The Hall–Kier alpha value is -0.620. The van der Waals surface area contributed by atoms with Crippen molar-refractivity contribution in [2.75, 3.05) is 33.5 Å². The maximum absolute atomic E-state index is 5.67. The molecule has 1 aromatic rings. The maximum Gasteiger partial charge on any atom is 0.133 e. The molecule has 0 aliphatic heterocycles. The van der Waals surface area contributed by atoms with Gasteiger partial charge in [-0.1, -0.05) is 6.07 Å². The number of hydrogen-bond donors (Lipinski definition) is 1. The molecule has 0 radical (unpaired) electrons. The largest absolute Gasteiger partial charge is 0.490 e. The average Bonchev–Trinajstić information content (AvgIpc) is 2.41. The molecule has 0 spiro atoms. The van der Waals surface area contributed by atoms with Crippen molar-refractivity contribution in [2.45, 2.75) is 26.5 Å². The first-order valence-corrected chi connectivity index (χ1v) is 7.65. The van der Waals surface area contributed by atoms with E-state index in [9.17, 15) is 0 Å². The van der Waals surface area contributed by atoms with E-state index in [4.69, 9.17) is 14.2 Å². The molecule has 1 aromatic carbocycles. The molecule has 4 nitrogen and oxygen atoms in total. The van der Waals surface area contributed by atoms with Crippen LogP contribution in [0.25, 0.3) is 0 Å². The minimum Gasteiger partial charge on any atom is -0.490 e. The van der Waals surface area contributed by atoms with Crippen LogP contribution >= 0.6 is 15.9 Å². The van der Waals surface area contributed by atoms with Crippen molar-refractivity contribution < 1.29 is 14.2 Å². The number of hydrogen-bond acceptors (Lipinski definition) is 4. The summed E-state index contributed by atoms with van der Waals surface area (Å²) in [6.07, 6.45) is 0.239. The lowest BCUT2D eigenvalue weighted by Gasteiger charge is -2.12. The molecule has 0 aliphatic carbocycles. The first-order valence-electron chi connectivity index (χ1n) is 6.86. The lowest BCUT2D eigenvalue weighted by Crippen LogP contribution is -2.18. The zero-order valence-electron chi connectivity index (χ0n) is 12.4. The van der Waals surface area contributed by atoms with Crippen molar-refractivity contribution in [1.29, 1.82) is 0 Å². The van der Waals surface area contributed by atoms with Crippen LogP contribution in [-0.4, -0.2) is 39.6 Å². The predicted octanol–water partition coefficient (Wildman–Crippen LogP) is 2.99. The maximum atomic E-state index is 5.67. The molecule has 0 unspecified atom stereocenters. The van der Waals surface area contributed by atoms with Gasteiger partial charge in [-0.3, -0.25) is 0 Å². The van der Waals surface area contributed by atoms with Gasteiger partial charge in [-0.05, 0) is 47.5 Å². The number of halogens is 1. The molecule has 1 N–H and O–H groups in total. The Morgan fingerprint density at radius 1 is 1.20 bits per heavy atom. The monoisotopic (exact) mass is 345 g/mol. The number of methoxy groups -OCH3 is 1. The molecule has 0 saturated heterocycles. The summed E-state index contributed by atoms with van der Waals surface area (Å²) >= 11 is 3.53. The Labute approximate surface area is 129 Å². The second-order valence-corrected chi connectivity index (χ2v) is 5.56. The van der Waals surface area contributed by atoms with Gasteiger partial charge in [0.1, 0.15) is 12.4 Å². The van der Waals surface area contributed by atoms with Gasteiger partial charge in [-0.15, -0.1) is 0 Å². The Balaban J connectivity index is 2.35. The lowest BCUT2D eigenvalue weighted by atomic mass is 10.2. The third-order valence-electron chi connectivity index (χ3n) is 2.60. The predicted molar refractivity (Wildman–Crippen MR) is 84.3 cm³/mol. The van der Waals surface area contributed by atoms with Gasteiger partial charge in [-0.25, -0.2) is 0 Å². The summed E-state index contributed by atoms with van der Waals surface area (Å²) in [5, 5.41) is 3.31. The molecule has 0 heterocycles. The fourth-order valence-corrected chi connectivity index (χ4v) is 2.15. The zero-order chi connectivity index (χ0) is 14.8. The topological polar surface area (TPSA) is 39.7 Å². The highest BCUT2D eigenvalue weighted by Gasteiger charge is 2.03. The van der Waals surface area contributed by atoms with E-state index < -0.39 is 0 Å².